The highest BCUT2D eigenvalue weighted by molar-refractivity contribution is 7.09. The average Bonchev–Trinajstić information content (AvgIpc) is 3.60. The number of aryl methyl sites for hydroxylation is 1. The predicted octanol–water partition coefficient (Wildman–Crippen LogP) is 5.48. The Morgan fingerprint density at radius 1 is 1.02 bits per heavy atom. The summed E-state index contributed by atoms with van der Waals surface area (Å²) in [6, 6.07) is 19.5. The Hall–Kier alpha value is -4.44. The molecule has 2 aromatic carbocycles. The minimum atomic E-state index is -1.17. The van der Waals surface area contributed by atoms with Gasteiger partial charge in [0, 0.05) is 12.2 Å². The van der Waals surface area contributed by atoms with Crippen LogP contribution in [-0.2, 0) is 11.3 Å². The average molecular weight is 572 g/mol. The summed E-state index contributed by atoms with van der Waals surface area (Å²) in [5.41, 5.74) is 13.9. The van der Waals surface area contributed by atoms with E-state index in [9.17, 15) is 14.4 Å². The van der Waals surface area contributed by atoms with Gasteiger partial charge in [-0.05, 0) is 72.6 Å². The van der Waals surface area contributed by atoms with Crippen LogP contribution in [0.25, 0.3) is 0 Å². The summed E-state index contributed by atoms with van der Waals surface area (Å²) in [4.78, 5) is 41.4. The number of nitrogen functional groups attached to an aromatic ring is 1. The van der Waals surface area contributed by atoms with Gasteiger partial charge in [0.25, 0.3) is 17.7 Å². The smallest absolute Gasteiger partial charge is 0.273 e. The number of amides is 3. The lowest BCUT2D eigenvalue weighted by atomic mass is 9.84. The van der Waals surface area contributed by atoms with Crippen LogP contribution in [0.15, 0.2) is 71.1 Å². The number of nitrogens with zero attached hydrogens (tertiary/aromatic N) is 2. The standard InChI is InChI=1S/C31H33N5O4S/c1-19-12-17-24(40-19)27(30(38)34-18-20-8-4-2-5-9-20)36(31(39)28-25(32)26(29(33)37)35-41-28)23-15-13-22(14-16-23)21-10-6-3-7-11-21/h2,4-5,8-9,12-17,21,27H,3,6-7,10-11,18,32H2,1H3,(H2,33,37)(H,34,38)/t27-/m1/s1. The van der Waals surface area contributed by atoms with E-state index in [1.807, 2.05) is 54.6 Å². The highest BCUT2D eigenvalue weighted by Crippen LogP contribution is 2.37. The summed E-state index contributed by atoms with van der Waals surface area (Å²) in [5, 5.41) is 2.95. The second-order valence-corrected chi connectivity index (χ2v) is 11.1. The Morgan fingerprint density at radius 2 is 1.73 bits per heavy atom. The monoisotopic (exact) mass is 571 g/mol. The molecular weight excluding hydrogens is 538 g/mol. The topological polar surface area (TPSA) is 145 Å². The van der Waals surface area contributed by atoms with Crippen molar-refractivity contribution in [2.45, 2.75) is 57.5 Å². The third-order valence-electron chi connectivity index (χ3n) is 7.47. The first-order valence-corrected chi connectivity index (χ1v) is 14.5. The van der Waals surface area contributed by atoms with Gasteiger partial charge in [-0.3, -0.25) is 19.3 Å². The molecule has 2 aromatic heterocycles. The number of nitrogens with two attached hydrogens (primary N) is 2. The molecule has 0 spiro atoms. The van der Waals surface area contributed by atoms with Gasteiger partial charge in [0.05, 0.1) is 5.69 Å². The molecule has 4 aromatic rings. The normalized spacial score (nSPS) is 14.4. The number of carbonyl (C=O) groups is 3. The molecule has 10 heteroatoms. The highest BCUT2D eigenvalue weighted by atomic mass is 32.1. The van der Waals surface area contributed by atoms with E-state index in [4.69, 9.17) is 15.9 Å². The van der Waals surface area contributed by atoms with E-state index in [2.05, 4.69) is 9.69 Å². The van der Waals surface area contributed by atoms with Gasteiger partial charge in [-0.2, -0.15) is 4.37 Å². The number of hydrogen-bond acceptors (Lipinski definition) is 7. The number of hydrogen-bond donors (Lipinski definition) is 3. The van der Waals surface area contributed by atoms with Crippen molar-refractivity contribution < 1.29 is 18.8 Å². The Morgan fingerprint density at radius 3 is 2.34 bits per heavy atom. The van der Waals surface area contributed by atoms with E-state index in [0.29, 0.717) is 17.4 Å². The molecule has 0 radical (unpaired) electrons. The lowest BCUT2D eigenvalue weighted by molar-refractivity contribution is -0.123. The number of aromatic nitrogens is 1. The molecule has 212 valence electrons. The third kappa shape index (κ3) is 6.17. The zero-order chi connectivity index (χ0) is 28.9. The molecule has 0 aliphatic heterocycles. The highest BCUT2D eigenvalue weighted by Gasteiger charge is 2.38. The fourth-order valence-corrected chi connectivity index (χ4v) is 6.06. The molecule has 2 heterocycles. The van der Waals surface area contributed by atoms with Gasteiger partial charge >= 0.3 is 0 Å². The molecule has 1 aliphatic carbocycles. The van der Waals surface area contributed by atoms with Crippen molar-refractivity contribution in [2.24, 2.45) is 5.73 Å². The van der Waals surface area contributed by atoms with Crippen LogP contribution in [0.4, 0.5) is 11.4 Å². The summed E-state index contributed by atoms with van der Waals surface area (Å²) < 4.78 is 9.94. The largest absolute Gasteiger partial charge is 0.464 e. The number of furan rings is 1. The van der Waals surface area contributed by atoms with Crippen LogP contribution in [0, 0.1) is 6.92 Å². The number of rotatable bonds is 9. The zero-order valence-corrected chi connectivity index (χ0v) is 23.7. The van der Waals surface area contributed by atoms with Crippen molar-refractivity contribution in [3.05, 3.63) is 99.9 Å². The van der Waals surface area contributed by atoms with Crippen LogP contribution < -0.4 is 21.7 Å². The second kappa shape index (κ2) is 12.4. The minimum absolute atomic E-state index is 0.0132. The van der Waals surface area contributed by atoms with Crippen molar-refractivity contribution in [3.63, 3.8) is 0 Å². The Kier molecular flexibility index (Phi) is 8.49. The fourth-order valence-electron chi connectivity index (χ4n) is 5.32. The number of benzene rings is 2. The maximum Gasteiger partial charge on any atom is 0.273 e. The number of nitrogens with one attached hydrogen (secondary N) is 1. The summed E-state index contributed by atoms with van der Waals surface area (Å²) >= 11 is 0.772. The fraction of sp³-hybridized carbons (Fsp3) is 0.290. The Balaban J connectivity index is 1.56. The third-order valence-corrected chi connectivity index (χ3v) is 8.32. The maximum atomic E-state index is 14.2. The molecule has 0 unspecified atom stereocenters. The van der Waals surface area contributed by atoms with Crippen LogP contribution in [0.5, 0.6) is 0 Å². The first-order valence-electron chi connectivity index (χ1n) is 13.7. The number of carbonyl (C=O) groups excluding carboxylic acids is 3. The zero-order valence-electron chi connectivity index (χ0n) is 22.8. The van der Waals surface area contributed by atoms with E-state index in [-0.39, 0.29) is 28.6 Å². The molecule has 5 N–H and O–H groups in total. The van der Waals surface area contributed by atoms with Crippen LogP contribution in [0.2, 0.25) is 0 Å². The van der Waals surface area contributed by atoms with Crippen molar-refractivity contribution in [3.8, 4) is 0 Å². The lowest BCUT2D eigenvalue weighted by Gasteiger charge is -2.30. The Bertz CT molecular complexity index is 1520. The maximum absolute atomic E-state index is 14.2. The molecule has 41 heavy (non-hydrogen) atoms. The molecule has 0 bridgehead atoms. The molecule has 9 nitrogen and oxygen atoms in total. The quantitative estimate of drug-likeness (QED) is 0.243. The molecule has 1 saturated carbocycles. The summed E-state index contributed by atoms with van der Waals surface area (Å²) in [6.45, 7) is 2.03. The van der Waals surface area contributed by atoms with Gasteiger partial charge < -0.3 is 21.2 Å². The van der Waals surface area contributed by atoms with Gasteiger partial charge in [-0.15, -0.1) is 0 Å². The summed E-state index contributed by atoms with van der Waals surface area (Å²) in [7, 11) is 0. The molecule has 3 amide bonds. The van der Waals surface area contributed by atoms with Crippen molar-refractivity contribution in [1.29, 1.82) is 0 Å². The van der Waals surface area contributed by atoms with Crippen molar-refractivity contribution in [1.82, 2.24) is 9.69 Å². The second-order valence-electron chi connectivity index (χ2n) is 10.3. The first-order chi connectivity index (χ1) is 19.8. The Labute approximate surface area is 242 Å². The van der Waals surface area contributed by atoms with Crippen LogP contribution in [0.3, 0.4) is 0 Å². The number of anilines is 2. The van der Waals surface area contributed by atoms with Gasteiger partial charge in [0.15, 0.2) is 11.7 Å². The van der Waals surface area contributed by atoms with Crippen molar-refractivity contribution >= 4 is 40.6 Å². The van der Waals surface area contributed by atoms with E-state index < -0.39 is 23.8 Å². The first kappa shape index (κ1) is 28.1. The van der Waals surface area contributed by atoms with E-state index in [1.165, 1.54) is 29.7 Å². The van der Waals surface area contributed by atoms with Gasteiger partial charge in [-0.25, -0.2) is 0 Å². The van der Waals surface area contributed by atoms with Crippen molar-refractivity contribution in [2.75, 3.05) is 10.6 Å². The minimum Gasteiger partial charge on any atom is -0.464 e. The summed E-state index contributed by atoms with van der Waals surface area (Å²) in [6.07, 6.45) is 5.91. The molecule has 1 fully saturated rings. The molecule has 5 rings (SSSR count). The van der Waals surface area contributed by atoms with Crippen LogP contribution >= 0.6 is 11.5 Å². The molecule has 0 saturated heterocycles. The molecule has 1 atom stereocenters. The van der Waals surface area contributed by atoms with E-state index in [1.54, 1.807) is 19.1 Å². The predicted molar refractivity (Wildman–Crippen MR) is 159 cm³/mol. The summed E-state index contributed by atoms with van der Waals surface area (Å²) in [5.74, 6) is -0.516. The number of primary amides is 1. The van der Waals surface area contributed by atoms with Gasteiger partial charge in [0.2, 0.25) is 0 Å². The van der Waals surface area contributed by atoms with Crippen LogP contribution in [0.1, 0.15) is 86.9 Å². The van der Waals surface area contributed by atoms with E-state index in [0.717, 1.165) is 29.9 Å². The van der Waals surface area contributed by atoms with Gasteiger partial charge in [-0.1, -0.05) is 61.7 Å². The van der Waals surface area contributed by atoms with E-state index >= 15 is 0 Å². The lowest BCUT2D eigenvalue weighted by Crippen LogP contribution is -2.43. The molecular formula is C31H33N5O4S. The SMILES string of the molecule is Cc1ccc([C@H](C(=O)NCc2ccccc2)N(C(=O)c2snc(C(N)=O)c2N)c2ccc(C3CCCCC3)cc2)o1. The van der Waals surface area contributed by atoms with Gasteiger partial charge in [0.1, 0.15) is 16.4 Å². The molecule has 1 aliphatic rings. The van der Waals surface area contributed by atoms with Crippen LogP contribution in [-0.4, -0.2) is 22.1 Å².